The van der Waals surface area contributed by atoms with Gasteiger partial charge in [-0.3, -0.25) is 4.90 Å². The van der Waals surface area contributed by atoms with E-state index in [0.717, 1.165) is 39.1 Å². The second kappa shape index (κ2) is 5.51. The number of aliphatic hydroxyl groups is 1. The fraction of sp³-hybridized carbons (Fsp3) is 1.00. The first kappa shape index (κ1) is 9.96. The minimum atomic E-state index is 0.301. The Labute approximate surface area is 74.3 Å². The van der Waals surface area contributed by atoms with Gasteiger partial charge in [-0.15, -0.1) is 0 Å². The maximum atomic E-state index is 8.84. The first-order chi connectivity index (χ1) is 5.88. The maximum absolute atomic E-state index is 8.84. The molecule has 0 aromatic carbocycles. The molecule has 0 aromatic heterocycles. The smallest absolute Gasteiger partial charge is 0.0594 e. The van der Waals surface area contributed by atoms with Crippen molar-refractivity contribution in [2.45, 2.75) is 25.8 Å². The van der Waals surface area contributed by atoms with Crippen molar-refractivity contribution in [2.24, 2.45) is 0 Å². The van der Waals surface area contributed by atoms with E-state index in [1.807, 2.05) is 0 Å². The fourth-order valence-corrected chi connectivity index (χ4v) is 1.74. The van der Waals surface area contributed by atoms with Crippen LogP contribution < -0.4 is 0 Å². The number of hydrogen-bond donors (Lipinski definition) is 1. The Hall–Kier alpha value is -0.120. The average molecular weight is 173 g/mol. The molecule has 1 heterocycles. The molecule has 3 heteroatoms. The van der Waals surface area contributed by atoms with E-state index in [9.17, 15) is 0 Å². The number of aliphatic hydroxyl groups excluding tert-OH is 1. The van der Waals surface area contributed by atoms with E-state index in [-0.39, 0.29) is 0 Å². The Balaban J connectivity index is 2.29. The molecule has 1 atom stereocenters. The normalized spacial score (nSPS) is 22.5. The Bertz CT molecular complexity index is 110. The molecule has 0 radical (unpaired) electrons. The van der Waals surface area contributed by atoms with Gasteiger partial charge in [0.05, 0.1) is 13.2 Å². The molecule has 1 aliphatic heterocycles. The molecule has 1 N–H and O–H groups in total. The van der Waals surface area contributed by atoms with E-state index in [2.05, 4.69) is 11.8 Å². The van der Waals surface area contributed by atoms with Gasteiger partial charge in [0, 0.05) is 25.7 Å². The highest BCUT2D eigenvalue weighted by atomic mass is 16.5. The van der Waals surface area contributed by atoms with Gasteiger partial charge in [0.15, 0.2) is 0 Å². The van der Waals surface area contributed by atoms with Crippen molar-refractivity contribution in [2.75, 3.05) is 32.9 Å². The molecular weight excluding hydrogens is 154 g/mol. The second-order valence-corrected chi connectivity index (χ2v) is 3.22. The summed E-state index contributed by atoms with van der Waals surface area (Å²) in [5, 5.41) is 8.84. The summed E-state index contributed by atoms with van der Waals surface area (Å²) in [5.74, 6) is 0. The lowest BCUT2D eigenvalue weighted by molar-refractivity contribution is 0.0105. The number of hydrogen-bond acceptors (Lipinski definition) is 3. The fourth-order valence-electron chi connectivity index (χ4n) is 1.74. The minimum Gasteiger partial charge on any atom is -0.396 e. The highest BCUT2D eigenvalue weighted by Gasteiger charge is 2.18. The van der Waals surface area contributed by atoms with Crippen LogP contribution in [-0.4, -0.2) is 49.0 Å². The lowest BCUT2D eigenvalue weighted by Gasteiger charge is -2.33. The predicted molar refractivity (Wildman–Crippen MR) is 48.2 cm³/mol. The third-order valence-electron chi connectivity index (χ3n) is 2.50. The Morgan fingerprint density at radius 1 is 1.42 bits per heavy atom. The van der Waals surface area contributed by atoms with Gasteiger partial charge in [0.2, 0.25) is 0 Å². The Morgan fingerprint density at radius 2 is 2.08 bits per heavy atom. The van der Waals surface area contributed by atoms with Crippen molar-refractivity contribution in [1.29, 1.82) is 0 Å². The van der Waals surface area contributed by atoms with Gasteiger partial charge >= 0.3 is 0 Å². The molecular formula is C9H19NO2. The van der Waals surface area contributed by atoms with Crippen LogP contribution in [0.15, 0.2) is 0 Å². The van der Waals surface area contributed by atoms with E-state index >= 15 is 0 Å². The van der Waals surface area contributed by atoms with Gasteiger partial charge in [-0.2, -0.15) is 0 Å². The van der Waals surface area contributed by atoms with Crippen LogP contribution in [0.25, 0.3) is 0 Å². The Morgan fingerprint density at radius 3 is 2.58 bits per heavy atom. The molecule has 1 aliphatic rings. The van der Waals surface area contributed by atoms with Crippen LogP contribution in [0, 0.1) is 0 Å². The molecule has 0 amide bonds. The van der Waals surface area contributed by atoms with Gasteiger partial charge in [-0.05, 0) is 12.8 Å². The topological polar surface area (TPSA) is 32.7 Å². The highest BCUT2D eigenvalue weighted by molar-refractivity contribution is 4.72. The number of morpholine rings is 1. The Kier molecular flexibility index (Phi) is 4.58. The molecule has 12 heavy (non-hydrogen) atoms. The molecule has 0 bridgehead atoms. The maximum Gasteiger partial charge on any atom is 0.0594 e. The van der Waals surface area contributed by atoms with Crippen molar-refractivity contribution in [1.82, 2.24) is 4.90 Å². The van der Waals surface area contributed by atoms with Crippen molar-refractivity contribution < 1.29 is 9.84 Å². The van der Waals surface area contributed by atoms with Gasteiger partial charge in [0.1, 0.15) is 0 Å². The van der Waals surface area contributed by atoms with Gasteiger partial charge < -0.3 is 9.84 Å². The summed E-state index contributed by atoms with van der Waals surface area (Å²) in [6, 6.07) is 0.555. The zero-order valence-corrected chi connectivity index (χ0v) is 7.83. The number of nitrogens with zero attached hydrogens (tertiary/aromatic N) is 1. The summed E-state index contributed by atoms with van der Waals surface area (Å²) in [6.45, 7) is 6.23. The minimum absolute atomic E-state index is 0.301. The van der Waals surface area contributed by atoms with Crippen LogP contribution in [0.2, 0.25) is 0 Å². The largest absolute Gasteiger partial charge is 0.396 e. The number of ether oxygens (including phenoxy) is 1. The number of rotatable bonds is 4. The SMILES string of the molecule is CCC(CCO)N1CCOCC1. The zero-order chi connectivity index (χ0) is 8.81. The van der Waals surface area contributed by atoms with Crippen molar-refractivity contribution in [3.05, 3.63) is 0 Å². The first-order valence-corrected chi connectivity index (χ1v) is 4.81. The summed E-state index contributed by atoms with van der Waals surface area (Å²) in [5.41, 5.74) is 0. The third-order valence-corrected chi connectivity index (χ3v) is 2.50. The standard InChI is InChI=1S/C9H19NO2/c1-2-9(3-6-11)10-4-7-12-8-5-10/h9,11H,2-8H2,1H3. The summed E-state index contributed by atoms with van der Waals surface area (Å²) >= 11 is 0. The average Bonchev–Trinajstić information content (AvgIpc) is 2.15. The van der Waals surface area contributed by atoms with Crippen LogP contribution in [-0.2, 0) is 4.74 Å². The van der Waals surface area contributed by atoms with Gasteiger partial charge in [0.25, 0.3) is 0 Å². The van der Waals surface area contributed by atoms with Gasteiger partial charge in [-0.25, -0.2) is 0 Å². The van der Waals surface area contributed by atoms with E-state index in [0.29, 0.717) is 12.6 Å². The second-order valence-electron chi connectivity index (χ2n) is 3.22. The summed E-state index contributed by atoms with van der Waals surface area (Å²) in [7, 11) is 0. The third kappa shape index (κ3) is 2.73. The molecule has 1 fully saturated rings. The first-order valence-electron chi connectivity index (χ1n) is 4.81. The van der Waals surface area contributed by atoms with Crippen molar-refractivity contribution in [3.63, 3.8) is 0 Å². The molecule has 0 spiro atoms. The van der Waals surface area contributed by atoms with Crippen LogP contribution in [0.4, 0.5) is 0 Å². The molecule has 3 nitrogen and oxygen atoms in total. The highest BCUT2D eigenvalue weighted by Crippen LogP contribution is 2.10. The summed E-state index contributed by atoms with van der Waals surface area (Å²) < 4.78 is 5.27. The quantitative estimate of drug-likeness (QED) is 0.671. The zero-order valence-electron chi connectivity index (χ0n) is 7.83. The molecule has 0 saturated carbocycles. The molecule has 1 unspecified atom stereocenters. The molecule has 0 aromatic rings. The monoisotopic (exact) mass is 173 g/mol. The summed E-state index contributed by atoms with van der Waals surface area (Å²) in [6.07, 6.45) is 2.02. The van der Waals surface area contributed by atoms with E-state index in [4.69, 9.17) is 9.84 Å². The van der Waals surface area contributed by atoms with Crippen LogP contribution in [0.5, 0.6) is 0 Å². The van der Waals surface area contributed by atoms with Gasteiger partial charge in [-0.1, -0.05) is 6.92 Å². The van der Waals surface area contributed by atoms with E-state index in [1.54, 1.807) is 0 Å². The lowest BCUT2D eigenvalue weighted by Crippen LogP contribution is -2.43. The lowest BCUT2D eigenvalue weighted by atomic mass is 10.1. The van der Waals surface area contributed by atoms with E-state index < -0.39 is 0 Å². The van der Waals surface area contributed by atoms with Crippen molar-refractivity contribution in [3.8, 4) is 0 Å². The molecule has 1 rings (SSSR count). The van der Waals surface area contributed by atoms with Crippen LogP contribution in [0.3, 0.4) is 0 Å². The van der Waals surface area contributed by atoms with Crippen molar-refractivity contribution >= 4 is 0 Å². The molecule has 0 aliphatic carbocycles. The molecule has 72 valence electrons. The van der Waals surface area contributed by atoms with E-state index in [1.165, 1.54) is 0 Å². The summed E-state index contributed by atoms with van der Waals surface area (Å²) in [4.78, 5) is 2.42. The van der Waals surface area contributed by atoms with Crippen LogP contribution in [0.1, 0.15) is 19.8 Å². The predicted octanol–water partition coefficient (Wildman–Crippen LogP) is 0.480. The van der Waals surface area contributed by atoms with Crippen LogP contribution >= 0.6 is 0 Å². The molecule has 1 saturated heterocycles.